The Hall–Kier alpha value is -1.60. The number of sulfonamides is 1. The average molecular weight is 297 g/mol. The SMILES string of the molecule is CS(=O)(=O)Nc1cccc(NC(=O)C2(N)CCCC2)c1. The molecule has 4 N–H and O–H groups in total. The molecule has 1 aliphatic rings. The van der Waals surface area contributed by atoms with Crippen molar-refractivity contribution < 1.29 is 13.2 Å². The van der Waals surface area contributed by atoms with Crippen LogP contribution >= 0.6 is 0 Å². The van der Waals surface area contributed by atoms with Crippen molar-refractivity contribution in [2.75, 3.05) is 16.3 Å². The highest BCUT2D eigenvalue weighted by molar-refractivity contribution is 7.92. The predicted octanol–water partition coefficient (Wildman–Crippen LogP) is 1.27. The van der Waals surface area contributed by atoms with Gasteiger partial charge < -0.3 is 11.1 Å². The first-order valence-electron chi connectivity index (χ1n) is 6.47. The van der Waals surface area contributed by atoms with Gasteiger partial charge in [-0.15, -0.1) is 0 Å². The van der Waals surface area contributed by atoms with Crippen LogP contribution in [0, 0.1) is 0 Å². The first kappa shape index (κ1) is 14.8. The summed E-state index contributed by atoms with van der Waals surface area (Å²) in [4.78, 5) is 12.2. The molecule has 6 nitrogen and oxygen atoms in total. The number of nitrogens with one attached hydrogen (secondary N) is 2. The van der Waals surface area contributed by atoms with Gasteiger partial charge in [0.25, 0.3) is 0 Å². The second-order valence-corrected chi connectivity index (χ2v) is 7.02. The summed E-state index contributed by atoms with van der Waals surface area (Å²) < 4.78 is 24.7. The van der Waals surface area contributed by atoms with E-state index in [9.17, 15) is 13.2 Å². The van der Waals surface area contributed by atoms with Crippen LogP contribution in [0.1, 0.15) is 25.7 Å². The van der Waals surface area contributed by atoms with E-state index in [1.165, 1.54) is 0 Å². The van der Waals surface area contributed by atoms with Crippen molar-refractivity contribution in [1.82, 2.24) is 0 Å². The molecule has 1 aromatic rings. The van der Waals surface area contributed by atoms with E-state index >= 15 is 0 Å². The zero-order valence-electron chi connectivity index (χ0n) is 11.3. The highest BCUT2D eigenvalue weighted by Gasteiger charge is 2.36. The monoisotopic (exact) mass is 297 g/mol. The Kier molecular flexibility index (Phi) is 4.01. The Morgan fingerprint density at radius 1 is 1.25 bits per heavy atom. The van der Waals surface area contributed by atoms with Gasteiger partial charge in [0.1, 0.15) is 0 Å². The van der Waals surface area contributed by atoms with Gasteiger partial charge in [0.05, 0.1) is 17.5 Å². The Labute approximate surface area is 118 Å². The van der Waals surface area contributed by atoms with Crippen LogP contribution in [-0.4, -0.2) is 26.1 Å². The molecule has 20 heavy (non-hydrogen) atoms. The molecule has 1 fully saturated rings. The summed E-state index contributed by atoms with van der Waals surface area (Å²) in [5.74, 6) is -0.216. The van der Waals surface area contributed by atoms with Crippen LogP contribution in [0.4, 0.5) is 11.4 Å². The lowest BCUT2D eigenvalue weighted by atomic mass is 9.98. The molecule has 110 valence electrons. The van der Waals surface area contributed by atoms with Crippen molar-refractivity contribution in [3.05, 3.63) is 24.3 Å². The highest BCUT2D eigenvalue weighted by Crippen LogP contribution is 2.28. The van der Waals surface area contributed by atoms with Gasteiger partial charge in [-0.05, 0) is 31.0 Å². The summed E-state index contributed by atoms with van der Waals surface area (Å²) in [6, 6.07) is 6.55. The third-order valence-electron chi connectivity index (χ3n) is 3.37. The fraction of sp³-hybridized carbons (Fsp3) is 0.462. The highest BCUT2D eigenvalue weighted by atomic mass is 32.2. The Balaban J connectivity index is 2.10. The number of benzene rings is 1. The lowest BCUT2D eigenvalue weighted by Crippen LogP contribution is -2.48. The van der Waals surface area contributed by atoms with E-state index in [0.29, 0.717) is 24.2 Å². The van der Waals surface area contributed by atoms with Gasteiger partial charge in [0.2, 0.25) is 15.9 Å². The molecular weight excluding hydrogens is 278 g/mol. The van der Waals surface area contributed by atoms with Crippen LogP contribution in [0.15, 0.2) is 24.3 Å². The summed E-state index contributed by atoms with van der Waals surface area (Å²) in [5.41, 5.74) is 6.19. The fourth-order valence-electron chi connectivity index (χ4n) is 2.36. The summed E-state index contributed by atoms with van der Waals surface area (Å²) >= 11 is 0. The third-order valence-corrected chi connectivity index (χ3v) is 3.98. The largest absolute Gasteiger partial charge is 0.324 e. The molecule has 1 saturated carbocycles. The molecule has 0 radical (unpaired) electrons. The fourth-order valence-corrected chi connectivity index (χ4v) is 2.92. The lowest BCUT2D eigenvalue weighted by molar-refractivity contribution is -0.121. The van der Waals surface area contributed by atoms with E-state index in [-0.39, 0.29) is 5.91 Å². The topological polar surface area (TPSA) is 101 Å². The van der Waals surface area contributed by atoms with Gasteiger partial charge >= 0.3 is 0 Å². The molecular formula is C13H19N3O3S. The van der Waals surface area contributed by atoms with E-state index in [1.807, 2.05) is 0 Å². The molecule has 1 amide bonds. The molecule has 0 saturated heterocycles. The number of rotatable bonds is 4. The van der Waals surface area contributed by atoms with Crippen molar-refractivity contribution in [2.45, 2.75) is 31.2 Å². The van der Waals surface area contributed by atoms with Crippen molar-refractivity contribution in [3.63, 3.8) is 0 Å². The standard InChI is InChI=1S/C13H19N3O3S/c1-20(18,19)16-11-6-4-5-10(9-11)15-12(17)13(14)7-2-3-8-13/h4-6,9,16H,2-3,7-8,14H2,1H3,(H,15,17). The van der Waals surface area contributed by atoms with E-state index in [0.717, 1.165) is 19.1 Å². The van der Waals surface area contributed by atoms with Crippen LogP contribution in [0.2, 0.25) is 0 Å². The summed E-state index contributed by atoms with van der Waals surface area (Å²) in [6.07, 6.45) is 4.35. The Morgan fingerprint density at radius 2 is 1.85 bits per heavy atom. The second kappa shape index (κ2) is 5.41. The zero-order valence-corrected chi connectivity index (χ0v) is 12.2. The van der Waals surface area contributed by atoms with Gasteiger partial charge in [-0.3, -0.25) is 9.52 Å². The van der Waals surface area contributed by atoms with Crippen LogP contribution in [0.5, 0.6) is 0 Å². The zero-order chi connectivity index (χ0) is 14.8. The minimum Gasteiger partial charge on any atom is -0.324 e. The molecule has 0 spiro atoms. The minimum atomic E-state index is -3.34. The smallest absolute Gasteiger partial charge is 0.244 e. The molecule has 7 heteroatoms. The van der Waals surface area contributed by atoms with E-state index in [2.05, 4.69) is 10.0 Å². The van der Waals surface area contributed by atoms with Gasteiger partial charge in [-0.2, -0.15) is 0 Å². The van der Waals surface area contributed by atoms with Crippen molar-refractivity contribution in [1.29, 1.82) is 0 Å². The molecule has 0 bridgehead atoms. The van der Waals surface area contributed by atoms with Crippen LogP contribution in [-0.2, 0) is 14.8 Å². The van der Waals surface area contributed by atoms with Crippen molar-refractivity contribution >= 4 is 27.3 Å². The molecule has 0 unspecified atom stereocenters. The minimum absolute atomic E-state index is 0.216. The molecule has 1 aliphatic carbocycles. The van der Waals surface area contributed by atoms with E-state index in [1.54, 1.807) is 24.3 Å². The average Bonchev–Trinajstić information content (AvgIpc) is 2.76. The van der Waals surface area contributed by atoms with E-state index in [4.69, 9.17) is 5.73 Å². The van der Waals surface area contributed by atoms with Crippen LogP contribution < -0.4 is 15.8 Å². The normalized spacial score (nSPS) is 17.7. The summed E-state index contributed by atoms with van der Waals surface area (Å²) in [6.45, 7) is 0. The van der Waals surface area contributed by atoms with Crippen molar-refractivity contribution in [3.8, 4) is 0 Å². The number of anilines is 2. The lowest BCUT2D eigenvalue weighted by Gasteiger charge is -2.22. The maximum atomic E-state index is 12.2. The quantitative estimate of drug-likeness (QED) is 0.779. The van der Waals surface area contributed by atoms with Gasteiger partial charge in [0.15, 0.2) is 0 Å². The Bertz CT molecular complexity index is 607. The van der Waals surface area contributed by atoms with Crippen LogP contribution in [0.25, 0.3) is 0 Å². The van der Waals surface area contributed by atoms with Crippen molar-refractivity contribution in [2.24, 2.45) is 5.73 Å². The van der Waals surface area contributed by atoms with Crippen LogP contribution in [0.3, 0.4) is 0 Å². The molecule has 0 aromatic heterocycles. The van der Waals surface area contributed by atoms with Gasteiger partial charge in [0, 0.05) is 5.69 Å². The molecule has 0 atom stereocenters. The molecule has 0 aliphatic heterocycles. The third kappa shape index (κ3) is 3.71. The molecule has 2 rings (SSSR count). The number of carbonyl (C=O) groups excluding carboxylic acids is 1. The number of nitrogens with two attached hydrogens (primary N) is 1. The second-order valence-electron chi connectivity index (χ2n) is 5.27. The number of hydrogen-bond donors (Lipinski definition) is 3. The molecule has 0 heterocycles. The summed E-state index contributed by atoms with van der Waals surface area (Å²) in [7, 11) is -3.34. The van der Waals surface area contributed by atoms with E-state index < -0.39 is 15.6 Å². The number of amides is 1. The Morgan fingerprint density at radius 3 is 2.45 bits per heavy atom. The van der Waals surface area contributed by atoms with Gasteiger partial charge in [-0.1, -0.05) is 18.9 Å². The maximum Gasteiger partial charge on any atom is 0.244 e. The number of carbonyl (C=O) groups is 1. The maximum absolute atomic E-state index is 12.2. The summed E-state index contributed by atoms with van der Waals surface area (Å²) in [5, 5.41) is 2.75. The molecule has 1 aromatic carbocycles. The first-order valence-corrected chi connectivity index (χ1v) is 8.36. The van der Waals surface area contributed by atoms with Gasteiger partial charge in [-0.25, -0.2) is 8.42 Å². The predicted molar refractivity (Wildman–Crippen MR) is 78.9 cm³/mol. The number of hydrogen-bond acceptors (Lipinski definition) is 4. The first-order chi connectivity index (χ1) is 9.28.